The Kier molecular flexibility index (Phi) is 5.88. The largest absolute Gasteiger partial charge is 0.349 e. The average molecular weight is 466 g/mol. The molecule has 7 nitrogen and oxygen atoms in total. The van der Waals surface area contributed by atoms with Crippen molar-refractivity contribution in [2.75, 3.05) is 0 Å². The van der Waals surface area contributed by atoms with Crippen LogP contribution in [0.5, 0.6) is 0 Å². The number of aryl methyl sites for hydroxylation is 1. The van der Waals surface area contributed by atoms with Crippen molar-refractivity contribution in [3.05, 3.63) is 69.8 Å². The molecule has 0 unspecified atom stereocenters. The summed E-state index contributed by atoms with van der Waals surface area (Å²) in [6.45, 7) is 0. The van der Waals surface area contributed by atoms with Crippen LogP contribution in [0.25, 0.3) is 16.7 Å². The first kappa shape index (κ1) is 21.6. The normalized spacial score (nSPS) is 14.7. The number of carbonyl (C=O) groups is 1. The first-order valence-electron chi connectivity index (χ1n) is 11.1. The van der Waals surface area contributed by atoms with E-state index in [1.54, 1.807) is 37.4 Å². The summed E-state index contributed by atoms with van der Waals surface area (Å²) in [5, 5.41) is 12.7. The number of rotatable bonds is 5. The molecule has 1 aliphatic rings. The number of thioether (sulfide) groups is 1. The maximum atomic E-state index is 13.2. The summed E-state index contributed by atoms with van der Waals surface area (Å²) >= 11 is 1.44. The van der Waals surface area contributed by atoms with E-state index in [1.807, 2.05) is 4.40 Å². The summed E-state index contributed by atoms with van der Waals surface area (Å²) in [4.78, 5) is 25.8. The number of fused-ring (bicyclic) bond motifs is 3. The van der Waals surface area contributed by atoms with E-state index in [-0.39, 0.29) is 23.3 Å². The molecule has 1 N–H and O–H groups in total. The maximum absolute atomic E-state index is 13.2. The van der Waals surface area contributed by atoms with Crippen LogP contribution in [0.1, 0.15) is 48.0 Å². The standard InChI is InChI=1S/C24H24FN5O2S/c1-29-22(32)19-12-9-16(21(31)26-18-5-3-2-4-6-18)13-20(19)30-23(29)27-28-24(30)33-14-15-7-10-17(25)11-8-15/h7-13,18H,2-6,14H2,1H3,(H,26,31). The molecule has 2 aromatic carbocycles. The summed E-state index contributed by atoms with van der Waals surface area (Å²) in [6.07, 6.45) is 5.48. The Balaban J connectivity index is 1.53. The lowest BCUT2D eigenvalue weighted by Gasteiger charge is -2.22. The lowest BCUT2D eigenvalue weighted by molar-refractivity contribution is 0.0928. The van der Waals surface area contributed by atoms with Crippen LogP contribution in [-0.4, -0.2) is 31.1 Å². The fourth-order valence-corrected chi connectivity index (χ4v) is 5.23. The molecule has 0 radical (unpaired) electrons. The van der Waals surface area contributed by atoms with Crippen LogP contribution in [0.2, 0.25) is 0 Å². The molecule has 0 saturated heterocycles. The first-order valence-corrected chi connectivity index (χ1v) is 12.1. The molecule has 2 heterocycles. The Morgan fingerprint density at radius 1 is 1.12 bits per heavy atom. The highest BCUT2D eigenvalue weighted by Crippen LogP contribution is 2.25. The molecule has 1 saturated carbocycles. The highest BCUT2D eigenvalue weighted by Gasteiger charge is 2.20. The zero-order chi connectivity index (χ0) is 22.9. The number of halogens is 1. The molecule has 1 aliphatic carbocycles. The van der Waals surface area contributed by atoms with E-state index in [2.05, 4.69) is 15.5 Å². The van der Waals surface area contributed by atoms with Crippen molar-refractivity contribution in [2.24, 2.45) is 7.05 Å². The van der Waals surface area contributed by atoms with Crippen LogP contribution in [0.15, 0.2) is 52.4 Å². The zero-order valence-electron chi connectivity index (χ0n) is 18.3. The molecular formula is C24H24FN5O2S. The third-order valence-electron chi connectivity index (χ3n) is 6.17. The summed E-state index contributed by atoms with van der Waals surface area (Å²) in [6, 6.07) is 11.6. The van der Waals surface area contributed by atoms with Gasteiger partial charge in [0.25, 0.3) is 11.5 Å². The van der Waals surface area contributed by atoms with Gasteiger partial charge in [-0.3, -0.25) is 18.6 Å². The van der Waals surface area contributed by atoms with Crippen LogP contribution in [0.4, 0.5) is 4.39 Å². The van der Waals surface area contributed by atoms with Crippen LogP contribution >= 0.6 is 11.8 Å². The predicted octanol–water partition coefficient (Wildman–Crippen LogP) is 4.08. The lowest BCUT2D eigenvalue weighted by Crippen LogP contribution is -2.36. The lowest BCUT2D eigenvalue weighted by atomic mass is 9.95. The van der Waals surface area contributed by atoms with Gasteiger partial charge in [-0.25, -0.2) is 4.39 Å². The second kappa shape index (κ2) is 8.97. The third kappa shape index (κ3) is 4.25. The van der Waals surface area contributed by atoms with Gasteiger partial charge in [0, 0.05) is 24.4 Å². The van der Waals surface area contributed by atoms with Crippen LogP contribution < -0.4 is 10.9 Å². The SMILES string of the molecule is Cn1c(=O)c2ccc(C(=O)NC3CCCCC3)cc2n2c(SCc3ccc(F)cc3)nnc12. The smallest absolute Gasteiger partial charge is 0.262 e. The van der Waals surface area contributed by atoms with Crippen molar-refractivity contribution >= 4 is 34.3 Å². The third-order valence-corrected chi connectivity index (χ3v) is 7.17. The van der Waals surface area contributed by atoms with Crippen LogP contribution in [0, 0.1) is 5.82 Å². The molecule has 2 aromatic heterocycles. The summed E-state index contributed by atoms with van der Waals surface area (Å²) in [7, 11) is 1.66. The molecular weight excluding hydrogens is 441 g/mol. The topological polar surface area (TPSA) is 81.3 Å². The summed E-state index contributed by atoms with van der Waals surface area (Å²) in [5.41, 5.74) is 1.85. The Morgan fingerprint density at radius 2 is 1.88 bits per heavy atom. The molecule has 1 fully saturated rings. The molecule has 170 valence electrons. The number of nitrogens with one attached hydrogen (secondary N) is 1. The number of aromatic nitrogens is 4. The Labute approximate surface area is 194 Å². The fourth-order valence-electron chi connectivity index (χ4n) is 4.34. The van der Waals surface area contributed by atoms with Gasteiger partial charge < -0.3 is 5.32 Å². The molecule has 0 atom stereocenters. The van der Waals surface area contributed by atoms with Crippen molar-refractivity contribution in [2.45, 2.75) is 49.1 Å². The van der Waals surface area contributed by atoms with E-state index < -0.39 is 0 Å². The number of hydrogen-bond donors (Lipinski definition) is 1. The van der Waals surface area contributed by atoms with Crippen LogP contribution in [-0.2, 0) is 12.8 Å². The van der Waals surface area contributed by atoms with Gasteiger partial charge in [-0.2, -0.15) is 0 Å². The van der Waals surface area contributed by atoms with Crippen molar-refractivity contribution in [1.82, 2.24) is 24.5 Å². The van der Waals surface area contributed by atoms with E-state index in [4.69, 9.17) is 0 Å². The number of carbonyl (C=O) groups excluding carboxylic acids is 1. The molecule has 9 heteroatoms. The minimum absolute atomic E-state index is 0.133. The predicted molar refractivity (Wildman–Crippen MR) is 126 cm³/mol. The highest BCUT2D eigenvalue weighted by atomic mass is 32.2. The quantitative estimate of drug-likeness (QED) is 0.449. The minimum Gasteiger partial charge on any atom is -0.349 e. The first-order chi connectivity index (χ1) is 16.0. The highest BCUT2D eigenvalue weighted by molar-refractivity contribution is 7.98. The molecule has 0 spiro atoms. The average Bonchev–Trinajstić information content (AvgIpc) is 3.27. The van der Waals surface area contributed by atoms with Gasteiger partial charge in [0.1, 0.15) is 5.82 Å². The van der Waals surface area contributed by atoms with E-state index >= 15 is 0 Å². The number of hydrogen-bond acceptors (Lipinski definition) is 5. The second-order valence-electron chi connectivity index (χ2n) is 8.44. The maximum Gasteiger partial charge on any atom is 0.262 e. The van der Waals surface area contributed by atoms with E-state index in [1.165, 1.54) is 34.9 Å². The fraction of sp³-hybridized carbons (Fsp3) is 0.333. The summed E-state index contributed by atoms with van der Waals surface area (Å²) < 4.78 is 16.5. The molecule has 0 aliphatic heterocycles. The van der Waals surface area contributed by atoms with Gasteiger partial charge in [-0.1, -0.05) is 43.2 Å². The summed E-state index contributed by atoms with van der Waals surface area (Å²) in [5.74, 6) is 0.551. The number of nitrogens with zero attached hydrogens (tertiary/aromatic N) is 4. The van der Waals surface area contributed by atoms with Gasteiger partial charge >= 0.3 is 0 Å². The minimum atomic E-state index is -0.281. The molecule has 5 rings (SSSR count). The molecule has 33 heavy (non-hydrogen) atoms. The molecule has 0 bridgehead atoms. The van der Waals surface area contributed by atoms with Crippen molar-refractivity contribution in [1.29, 1.82) is 0 Å². The molecule has 1 amide bonds. The van der Waals surface area contributed by atoms with Crippen molar-refractivity contribution in [3.63, 3.8) is 0 Å². The zero-order valence-corrected chi connectivity index (χ0v) is 19.1. The van der Waals surface area contributed by atoms with Gasteiger partial charge in [-0.15, -0.1) is 10.2 Å². The van der Waals surface area contributed by atoms with E-state index in [9.17, 15) is 14.0 Å². The van der Waals surface area contributed by atoms with E-state index in [0.717, 1.165) is 31.2 Å². The number of benzene rings is 2. The second-order valence-corrected chi connectivity index (χ2v) is 9.38. The van der Waals surface area contributed by atoms with Gasteiger partial charge in [-0.05, 0) is 48.7 Å². The Hall–Kier alpha value is -3.20. The van der Waals surface area contributed by atoms with Crippen LogP contribution in [0.3, 0.4) is 0 Å². The monoisotopic (exact) mass is 465 g/mol. The Bertz CT molecular complexity index is 1390. The van der Waals surface area contributed by atoms with E-state index in [0.29, 0.717) is 33.2 Å². The van der Waals surface area contributed by atoms with Crippen molar-refractivity contribution in [3.8, 4) is 0 Å². The van der Waals surface area contributed by atoms with Gasteiger partial charge in [0.05, 0.1) is 10.9 Å². The van der Waals surface area contributed by atoms with Gasteiger partial charge in [0.15, 0.2) is 5.16 Å². The number of amides is 1. The Morgan fingerprint density at radius 3 is 2.64 bits per heavy atom. The van der Waals surface area contributed by atoms with Gasteiger partial charge in [0.2, 0.25) is 5.78 Å². The molecule has 4 aromatic rings. The van der Waals surface area contributed by atoms with Crippen molar-refractivity contribution < 1.29 is 9.18 Å².